The van der Waals surface area contributed by atoms with Gasteiger partial charge in [-0.1, -0.05) is 28.1 Å². The highest BCUT2D eigenvalue weighted by Gasteiger charge is 2.16. The van der Waals surface area contributed by atoms with Crippen molar-refractivity contribution in [3.05, 3.63) is 67.1 Å². The molecule has 2 aromatic heterocycles. The first-order chi connectivity index (χ1) is 9.15. The van der Waals surface area contributed by atoms with Crippen molar-refractivity contribution in [2.24, 2.45) is 0 Å². The van der Waals surface area contributed by atoms with Crippen LogP contribution in [0.25, 0.3) is 11.0 Å². The number of hydrogen-bond acceptors (Lipinski definition) is 4. The molecule has 0 spiro atoms. The molecule has 3 rings (SSSR count). The SMILES string of the molecule is O=C(c1cccs1)c1cc2ccc(Br)cc2oc1=O. The largest absolute Gasteiger partial charge is 0.422 e. The Hall–Kier alpha value is -1.72. The summed E-state index contributed by atoms with van der Waals surface area (Å²) in [6.45, 7) is 0. The van der Waals surface area contributed by atoms with E-state index in [4.69, 9.17) is 4.42 Å². The molecule has 0 unspecified atom stereocenters. The molecule has 5 heteroatoms. The Morgan fingerprint density at radius 3 is 2.79 bits per heavy atom. The van der Waals surface area contributed by atoms with E-state index in [0.717, 1.165) is 9.86 Å². The summed E-state index contributed by atoms with van der Waals surface area (Å²) in [6, 6.07) is 10.4. The molecule has 0 fully saturated rings. The first kappa shape index (κ1) is 12.3. The number of halogens is 1. The zero-order valence-corrected chi connectivity index (χ0v) is 12.0. The number of carbonyl (C=O) groups is 1. The van der Waals surface area contributed by atoms with Gasteiger partial charge in [-0.25, -0.2) is 4.79 Å². The monoisotopic (exact) mass is 334 g/mol. The van der Waals surface area contributed by atoms with Gasteiger partial charge in [0.2, 0.25) is 5.78 Å². The summed E-state index contributed by atoms with van der Waals surface area (Å²) in [5.74, 6) is -0.298. The molecule has 3 aromatic rings. The molecule has 0 saturated heterocycles. The lowest BCUT2D eigenvalue weighted by Crippen LogP contribution is -2.13. The fraction of sp³-hybridized carbons (Fsp3) is 0. The molecule has 0 radical (unpaired) electrons. The smallest absolute Gasteiger partial charge is 0.347 e. The van der Waals surface area contributed by atoms with E-state index in [1.807, 2.05) is 6.07 Å². The van der Waals surface area contributed by atoms with E-state index in [9.17, 15) is 9.59 Å². The molecular formula is C14H7BrO3S. The van der Waals surface area contributed by atoms with Crippen LogP contribution in [0.3, 0.4) is 0 Å². The summed E-state index contributed by atoms with van der Waals surface area (Å²) < 4.78 is 6.01. The van der Waals surface area contributed by atoms with Crippen LogP contribution < -0.4 is 5.63 Å². The average molecular weight is 335 g/mol. The first-order valence-electron chi connectivity index (χ1n) is 5.47. The summed E-state index contributed by atoms with van der Waals surface area (Å²) in [6.07, 6.45) is 0. The van der Waals surface area contributed by atoms with Crippen LogP contribution in [0, 0.1) is 0 Å². The Labute approximate surface area is 120 Å². The molecule has 0 aliphatic heterocycles. The predicted octanol–water partition coefficient (Wildman–Crippen LogP) is 3.85. The maximum absolute atomic E-state index is 12.2. The van der Waals surface area contributed by atoms with E-state index in [-0.39, 0.29) is 11.3 Å². The van der Waals surface area contributed by atoms with Gasteiger partial charge in [0.05, 0.1) is 4.88 Å². The second kappa shape index (κ2) is 4.75. The molecule has 1 aromatic carbocycles. The van der Waals surface area contributed by atoms with Crippen molar-refractivity contribution in [1.29, 1.82) is 0 Å². The van der Waals surface area contributed by atoms with Crippen LogP contribution in [0.2, 0.25) is 0 Å². The van der Waals surface area contributed by atoms with Crippen molar-refractivity contribution in [2.45, 2.75) is 0 Å². The minimum atomic E-state index is -0.607. The lowest BCUT2D eigenvalue weighted by Gasteiger charge is -2.00. The number of ketones is 1. The molecule has 0 saturated carbocycles. The molecule has 0 aliphatic carbocycles. The number of hydrogen-bond donors (Lipinski definition) is 0. The van der Waals surface area contributed by atoms with Crippen molar-refractivity contribution in [3.8, 4) is 0 Å². The minimum absolute atomic E-state index is 0.0669. The van der Waals surface area contributed by atoms with E-state index in [1.54, 1.807) is 35.7 Å². The van der Waals surface area contributed by atoms with Crippen LogP contribution in [0.5, 0.6) is 0 Å². The summed E-state index contributed by atoms with van der Waals surface area (Å²) >= 11 is 4.61. The number of thiophene rings is 1. The molecule has 2 heterocycles. The molecule has 19 heavy (non-hydrogen) atoms. The second-order valence-corrected chi connectivity index (χ2v) is 5.80. The maximum Gasteiger partial charge on any atom is 0.347 e. The van der Waals surface area contributed by atoms with Crippen molar-refractivity contribution < 1.29 is 9.21 Å². The van der Waals surface area contributed by atoms with Crippen molar-refractivity contribution in [2.75, 3.05) is 0 Å². The molecule has 94 valence electrons. The average Bonchev–Trinajstić information content (AvgIpc) is 2.91. The molecule has 3 nitrogen and oxygen atoms in total. The van der Waals surface area contributed by atoms with Gasteiger partial charge in [0, 0.05) is 9.86 Å². The van der Waals surface area contributed by atoms with Crippen LogP contribution in [-0.2, 0) is 0 Å². The summed E-state index contributed by atoms with van der Waals surface area (Å²) in [7, 11) is 0. The second-order valence-electron chi connectivity index (χ2n) is 3.94. The highest BCUT2D eigenvalue weighted by atomic mass is 79.9. The minimum Gasteiger partial charge on any atom is -0.422 e. The highest BCUT2D eigenvalue weighted by Crippen LogP contribution is 2.21. The normalized spacial score (nSPS) is 10.8. The van der Waals surface area contributed by atoms with Crippen LogP contribution in [0.1, 0.15) is 15.2 Å². The van der Waals surface area contributed by atoms with E-state index in [2.05, 4.69) is 15.9 Å². The number of benzene rings is 1. The summed E-state index contributed by atoms with van der Waals surface area (Å²) in [4.78, 5) is 24.6. The van der Waals surface area contributed by atoms with Crippen LogP contribution in [0.4, 0.5) is 0 Å². The molecule has 0 aliphatic rings. The van der Waals surface area contributed by atoms with Crippen LogP contribution in [0.15, 0.2) is 55.5 Å². The van der Waals surface area contributed by atoms with E-state index in [1.165, 1.54) is 11.3 Å². The predicted molar refractivity (Wildman–Crippen MR) is 77.9 cm³/mol. The summed E-state index contributed by atoms with van der Waals surface area (Å²) in [5.41, 5.74) is -0.0802. The van der Waals surface area contributed by atoms with Crippen molar-refractivity contribution in [3.63, 3.8) is 0 Å². The topological polar surface area (TPSA) is 47.3 Å². The van der Waals surface area contributed by atoms with Gasteiger partial charge in [0.25, 0.3) is 0 Å². The van der Waals surface area contributed by atoms with E-state index >= 15 is 0 Å². The fourth-order valence-corrected chi connectivity index (χ4v) is 2.80. The lowest BCUT2D eigenvalue weighted by atomic mass is 10.1. The quantitative estimate of drug-likeness (QED) is 0.528. The van der Waals surface area contributed by atoms with Crippen LogP contribution in [-0.4, -0.2) is 5.78 Å². The van der Waals surface area contributed by atoms with Gasteiger partial charge in [-0.15, -0.1) is 11.3 Å². The maximum atomic E-state index is 12.2. The van der Waals surface area contributed by atoms with Gasteiger partial charge >= 0.3 is 5.63 Å². The Balaban J connectivity index is 2.20. The zero-order valence-electron chi connectivity index (χ0n) is 9.55. The molecule has 0 atom stereocenters. The molecule has 0 amide bonds. The third-order valence-corrected chi connectivity index (χ3v) is 4.05. The van der Waals surface area contributed by atoms with Gasteiger partial charge in [-0.2, -0.15) is 0 Å². The summed E-state index contributed by atoms with van der Waals surface area (Å²) in [5, 5.41) is 2.52. The fourth-order valence-electron chi connectivity index (χ4n) is 1.78. The third-order valence-electron chi connectivity index (χ3n) is 2.69. The zero-order chi connectivity index (χ0) is 13.4. The standard InChI is InChI=1S/C14H7BrO3S/c15-9-4-3-8-6-10(14(17)18-11(8)7-9)13(16)12-2-1-5-19-12/h1-7H. The third kappa shape index (κ3) is 2.27. The Bertz CT molecular complexity index is 818. The first-order valence-corrected chi connectivity index (χ1v) is 7.14. The Morgan fingerprint density at radius 1 is 1.21 bits per heavy atom. The number of carbonyl (C=O) groups excluding carboxylic acids is 1. The van der Waals surface area contributed by atoms with Crippen molar-refractivity contribution >= 4 is 44.0 Å². The Kier molecular flexibility index (Phi) is 3.08. The van der Waals surface area contributed by atoms with E-state index < -0.39 is 5.63 Å². The van der Waals surface area contributed by atoms with E-state index in [0.29, 0.717) is 10.5 Å². The van der Waals surface area contributed by atoms with Gasteiger partial charge in [-0.05, 0) is 29.6 Å². The van der Waals surface area contributed by atoms with Crippen LogP contribution >= 0.6 is 27.3 Å². The highest BCUT2D eigenvalue weighted by molar-refractivity contribution is 9.10. The van der Waals surface area contributed by atoms with Gasteiger partial charge in [-0.3, -0.25) is 4.79 Å². The lowest BCUT2D eigenvalue weighted by molar-refractivity contribution is 0.103. The van der Waals surface area contributed by atoms with Gasteiger partial charge in [0.1, 0.15) is 11.1 Å². The molecule has 0 N–H and O–H groups in total. The molecule has 0 bridgehead atoms. The number of fused-ring (bicyclic) bond motifs is 1. The number of rotatable bonds is 2. The van der Waals surface area contributed by atoms with Crippen molar-refractivity contribution in [1.82, 2.24) is 0 Å². The Morgan fingerprint density at radius 2 is 2.05 bits per heavy atom. The molecular weight excluding hydrogens is 328 g/mol. The van der Waals surface area contributed by atoms with Gasteiger partial charge in [0.15, 0.2) is 0 Å². The van der Waals surface area contributed by atoms with Gasteiger partial charge < -0.3 is 4.42 Å².